The highest BCUT2D eigenvalue weighted by Crippen LogP contribution is 2.47. The van der Waals surface area contributed by atoms with E-state index in [1.54, 1.807) is 0 Å². The van der Waals surface area contributed by atoms with Gasteiger partial charge in [0, 0.05) is 0 Å². The molecule has 0 aliphatic rings. The maximum Gasteiger partial charge on any atom is 0.0701 e. The molecule has 0 nitrogen and oxygen atoms in total. The van der Waals surface area contributed by atoms with Gasteiger partial charge in [0.2, 0.25) is 0 Å². The standard InChI is InChI=1S/C64H54/c1-48-44-49(2)62(50(3)45-48)53(42-40-51-24-22-38-60(46-51)63(54-26-10-4-11-27-54,55-28-12-5-13-29-55)56-30-14-6-15-31-56)43-41-52-25-23-39-61(47-52)64(57-32-16-7-17-33-57,58-34-18-8-19-35-58)59-36-20-9-21-37-59/h4-40,42-47H,41H2,1-3H3/b42-40+,53-43+. The van der Waals surface area contributed by atoms with Crippen LogP contribution in [0.3, 0.4) is 0 Å². The molecule has 9 aromatic rings. The van der Waals surface area contributed by atoms with E-state index >= 15 is 0 Å². The van der Waals surface area contributed by atoms with Crippen LogP contribution in [0, 0.1) is 20.8 Å². The number of rotatable bonds is 13. The molecule has 0 radical (unpaired) electrons. The second-order valence-electron chi connectivity index (χ2n) is 17.0. The fourth-order valence-corrected chi connectivity index (χ4v) is 10.2. The lowest BCUT2D eigenvalue weighted by Gasteiger charge is -2.37. The molecule has 0 atom stereocenters. The smallest absolute Gasteiger partial charge is 0.0701 e. The summed E-state index contributed by atoms with van der Waals surface area (Å²) in [7, 11) is 0. The Morgan fingerprint density at radius 2 is 0.703 bits per heavy atom. The first-order valence-corrected chi connectivity index (χ1v) is 22.5. The summed E-state index contributed by atoms with van der Waals surface area (Å²) in [6.45, 7) is 6.69. The highest BCUT2D eigenvalue weighted by atomic mass is 14.4. The summed E-state index contributed by atoms with van der Waals surface area (Å²) in [6, 6.07) is 88.8. The maximum atomic E-state index is 2.43. The molecular formula is C64H54. The molecule has 9 aromatic carbocycles. The van der Waals surface area contributed by atoms with Gasteiger partial charge in [-0.1, -0.05) is 266 Å². The zero-order chi connectivity index (χ0) is 43.8. The molecule has 310 valence electrons. The van der Waals surface area contributed by atoms with Crippen molar-refractivity contribution in [2.75, 3.05) is 0 Å². The van der Waals surface area contributed by atoms with Crippen molar-refractivity contribution in [3.8, 4) is 0 Å². The van der Waals surface area contributed by atoms with Crippen molar-refractivity contribution in [3.63, 3.8) is 0 Å². The molecule has 9 rings (SSSR count). The topological polar surface area (TPSA) is 0 Å². The van der Waals surface area contributed by atoms with Crippen molar-refractivity contribution in [3.05, 3.63) is 333 Å². The molecule has 0 fully saturated rings. The Morgan fingerprint density at radius 1 is 0.359 bits per heavy atom. The maximum absolute atomic E-state index is 2.43. The van der Waals surface area contributed by atoms with Crippen LogP contribution >= 0.6 is 0 Å². The monoisotopic (exact) mass is 822 g/mol. The van der Waals surface area contributed by atoms with E-state index in [1.165, 1.54) is 77.9 Å². The van der Waals surface area contributed by atoms with Gasteiger partial charge in [-0.25, -0.2) is 0 Å². The fourth-order valence-electron chi connectivity index (χ4n) is 10.2. The molecule has 0 amide bonds. The van der Waals surface area contributed by atoms with E-state index in [4.69, 9.17) is 0 Å². The van der Waals surface area contributed by atoms with E-state index in [-0.39, 0.29) is 0 Å². The van der Waals surface area contributed by atoms with Crippen molar-refractivity contribution in [2.24, 2.45) is 0 Å². The Bertz CT molecular complexity index is 2780. The quantitative estimate of drug-likeness (QED) is 0.0803. The highest BCUT2D eigenvalue weighted by molar-refractivity contribution is 5.82. The van der Waals surface area contributed by atoms with E-state index < -0.39 is 10.8 Å². The summed E-state index contributed by atoms with van der Waals surface area (Å²) in [6.07, 6.45) is 7.85. The Balaban J connectivity index is 1.16. The molecule has 0 heterocycles. The average molecular weight is 823 g/mol. The summed E-state index contributed by atoms with van der Waals surface area (Å²) in [5, 5.41) is 0. The molecule has 0 aliphatic carbocycles. The lowest BCUT2D eigenvalue weighted by Crippen LogP contribution is -2.31. The Morgan fingerprint density at radius 3 is 1.09 bits per heavy atom. The summed E-state index contributed by atoms with van der Waals surface area (Å²) in [5.41, 5.74) is 17.6. The van der Waals surface area contributed by atoms with Crippen LogP contribution in [0.25, 0.3) is 11.6 Å². The number of hydrogen-bond donors (Lipinski definition) is 0. The van der Waals surface area contributed by atoms with Crippen LogP contribution in [0.4, 0.5) is 0 Å². The van der Waals surface area contributed by atoms with Gasteiger partial charge < -0.3 is 0 Å². The molecule has 0 heteroatoms. The van der Waals surface area contributed by atoms with Gasteiger partial charge in [-0.05, 0) is 105 Å². The van der Waals surface area contributed by atoms with Gasteiger partial charge in [0.05, 0.1) is 10.8 Å². The van der Waals surface area contributed by atoms with Crippen LogP contribution in [-0.2, 0) is 17.3 Å². The molecule has 0 aliphatic heterocycles. The molecular weight excluding hydrogens is 769 g/mol. The summed E-state index contributed by atoms with van der Waals surface area (Å²) in [4.78, 5) is 0. The van der Waals surface area contributed by atoms with E-state index in [9.17, 15) is 0 Å². The Labute approximate surface area is 380 Å². The third kappa shape index (κ3) is 8.12. The minimum absolute atomic E-state index is 0.504. The van der Waals surface area contributed by atoms with Gasteiger partial charge in [-0.2, -0.15) is 0 Å². The minimum Gasteiger partial charge on any atom is -0.0722 e. The zero-order valence-corrected chi connectivity index (χ0v) is 37.0. The SMILES string of the molecule is Cc1cc(C)c(C(/C=C/c2cccc(C(c3ccccc3)(c3ccccc3)c3ccccc3)c2)=C/Cc2cccc(C(c3ccccc3)(c3ccccc3)c3ccccc3)c2)c(C)c1. The first kappa shape index (κ1) is 41.8. The fraction of sp³-hybridized carbons (Fsp3) is 0.0938. The number of benzene rings is 9. The first-order valence-electron chi connectivity index (χ1n) is 22.5. The van der Waals surface area contributed by atoms with E-state index in [0.717, 1.165) is 12.0 Å². The number of allylic oxidation sites excluding steroid dienone is 3. The van der Waals surface area contributed by atoms with Crippen LogP contribution in [0.2, 0.25) is 0 Å². The van der Waals surface area contributed by atoms with Gasteiger partial charge in [0.25, 0.3) is 0 Å². The van der Waals surface area contributed by atoms with Gasteiger partial charge in [0.1, 0.15) is 0 Å². The predicted octanol–water partition coefficient (Wildman–Crippen LogP) is 15.7. The van der Waals surface area contributed by atoms with Crippen molar-refractivity contribution in [1.29, 1.82) is 0 Å². The molecule has 0 N–H and O–H groups in total. The van der Waals surface area contributed by atoms with Crippen LogP contribution in [0.1, 0.15) is 77.9 Å². The first-order chi connectivity index (χ1) is 31.5. The van der Waals surface area contributed by atoms with Crippen molar-refractivity contribution in [2.45, 2.75) is 38.0 Å². The lowest BCUT2D eigenvalue weighted by molar-refractivity contribution is 0.743. The molecule has 0 saturated heterocycles. The van der Waals surface area contributed by atoms with Crippen LogP contribution in [-0.4, -0.2) is 0 Å². The number of aryl methyl sites for hydroxylation is 3. The molecule has 0 bridgehead atoms. The molecule has 0 saturated carbocycles. The van der Waals surface area contributed by atoms with Crippen LogP contribution in [0.15, 0.2) is 255 Å². The zero-order valence-electron chi connectivity index (χ0n) is 37.0. The third-order valence-corrected chi connectivity index (χ3v) is 12.9. The van der Waals surface area contributed by atoms with Crippen LogP contribution in [0.5, 0.6) is 0 Å². The molecule has 0 aromatic heterocycles. The van der Waals surface area contributed by atoms with E-state index in [0.29, 0.717) is 0 Å². The Hall–Kier alpha value is -7.54. The minimum atomic E-state index is -0.518. The predicted molar refractivity (Wildman–Crippen MR) is 271 cm³/mol. The molecule has 0 unspecified atom stereocenters. The summed E-state index contributed by atoms with van der Waals surface area (Å²) < 4.78 is 0. The average Bonchev–Trinajstić information content (AvgIpc) is 3.35. The summed E-state index contributed by atoms with van der Waals surface area (Å²) >= 11 is 0. The van der Waals surface area contributed by atoms with E-state index in [1.807, 2.05) is 0 Å². The highest BCUT2D eigenvalue weighted by Gasteiger charge is 2.39. The third-order valence-electron chi connectivity index (χ3n) is 12.9. The van der Waals surface area contributed by atoms with Gasteiger partial charge in [0.15, 0.2) is 0 Å². The van der Waals surface area contributed by atoms with Gasteiger partial charge in [-0.3, -0.25) is 0 Å². The van der Waals surface area contributed by atoms with E-state index in [2.05, 4.69) is 282 Å². The molecule has 0 spiro atoms. The normalized spacial score (nSPS) is 12.1. The van der Waals surface area contributed by atoms with Gasteiger partial charge in [-0.15, -0.1) is 0 Å². The largest absolute Gasteiger partial charge is 0.0722 e. The lowest BCUT2D eigenvalue weighted by atomic mass is 9.65. The number of hydrogen-bond acceptors (Lipinski definition) is 0. The second kappa shape index (κ2) is 18.8. The van der Waals surface area contributed by atoms with Crippen molar-refractivity contribution in [1.82, 2.24) is 0 Å². The summed E-state index contributed by atoms with van der Waals surface area (Å²) in [5.74, 6) is 0. The van der Waals surface area contributed by atoms with Gasteiger partial charge >= 0.3 is 0 Å². The second-order valence-corrected chi connectivity index (χ2v) is 17.0. The molecule has 64 heavy (non-hydrogen) atoms. The van der Waals surface area contributed by atoms with Crippen molar-refractivity contribution < 1.29 is 0 Å². The van der Waals surface area contributed by atoms with Crippen LogP contribution < -0.4 is 0 Å². The Kier molecular flexibility index (Phi) is 12.3. The van der Waals surface area contributed by atoms with Crippen molar-refractivity contribution >= 4 is 11.6 Å².